The lowest BCUT2D eigenvalue weighted by atomic mass is 9.96. The minimum Gasteiger partial charge on any atom is -0.303 e. The maximum Gasteiger partial charge on any atom is 0.177 e. The first-order chi connectivity index (χ1) is 14.3. The fraction of sp³-hybridized carbons (Fsp3) is 0.381. The summed E-state index contributed by atoms with van der Waals surface area (Å²) in [6.07, 6.45) is 8.65. The van der Waals surface area contributed by atoms with Crippen LogP contribution in [0.4, 0.5) is 0 Å². The van der Waals surface area contributed by atoms with Crippen LogP contribution in [0.5, 0.6) is 0 Å². The molecule has 0 spiro atoms. The van der Waals surface area contributed by atoms with Gasteiger partial charge in [0.15, 0.2) is 11.5 Å². The molecule has 5 heterocycles. The highest BCUT2D eigenvalue weighted by Gasteiger charge is 2.25. The van der Waals surface area contributed by atoms with Crippen LogP contribution in [-0.4, -0.2) is 59.1 Å². The van der Waals surface area contributed by atoms with E-state index in [0.29, 0.717) is 5.92 Å². The highest BCUT2D eigenvalue weighted by molar-refractivity contribution is 5.58. The summed E-state index contributed by atoms with van der Waals surface area (Å²) < 4.78 is 3.87. The highest BCUT2D eigenvalue weighted by atomic mass is 15.4. The smallest absolute Gasteiger partial charge is 0.177 e. The molecule has 4 aromatic heterocycles. The van der Waals surface area contributed by atoms with Crippen LogP contribution in [0.3, 0.4) is 0 Å². The summed E-state index contributed by atoms with van der Waals surface area (Å²) in [4.78, 5) is 6.73. The summed E-state index contributed by atoms with van der Waals surface area (Å²) >= 11 is 0. The fourth-order valence-corrected chi connectivity index (χ4v) is 4.06. The molecule has 5 rings (SSSR count). The molecular formula is C21H24N8. The molecule has 1 fully saturated rings. The van der Waals surface area contributed by atoms with Crippen molar-refractivity contribution in [3.8, 4) is 11.3 Å². The number of rotatable bonds is 5. The summed E-state index contributed by atoms with van der Waals surface area (Å²) in [5.74, 6) is 1.35. The van der Waals surface area contributed by atoms with E-state index in [2.05, 4.69) is 31.2 Å². The summed E-state index contributed by atoms with van der Waals surface area (Å²) in [6.45, 7) is 3.20. The average molecular weight is 388 g/mol. The van der Waals surface area contributed by atoms with Gasteiger partial charge in [-0.05, 0) is 56.3 Å². The van der Waals surface area contributed by atoms with Gasteiger partial charge < -0.3 is 4.90 Å². The molecule has 4 aromatic rings. The first-order valence-corrected chi connectivity index (χ1v) is 10.1. The summed E-state index contributed by atoms with van der Waals surface area (Å²) in [6, 6.07) is 10.0. The van der Waals surface area contributed by atoms with Gasteiger partial charge in [-0.3, -0.25) is 9.67 Å². The predicted molar refractivity (Wildman–Crippen MR) is 109 cm³/mol. The predicted octanol–water partition coefficient (Wildman–Crippen LogP) is 2.34. The second-order valence-electron chi connectivity index (χ2n) is 7.60. The third kappa shape index (κ3) is 3.63. The van der Waals surface area contributed by atoms with E-state index in [-0.39, 0.29) is 0 Å². The van der Waals surface area contributed by atoms with Crippen molar-refractivity contribution in [1.82, 2.24) is 39.5 Å². The van der Waals surface area contributed by atoms with Gasteiger partial charge in [0, 0.05) is 55.8 Å². The van der Waals surface area contributed by atoms with Gasteiger partial charge in [-0.25, -0.2) is 0 Å². The number of hydrogen-bond acceptors (Lipinski definition) is 6. The van der Waals surface area contributed by atoms with Crippen molar-refractivity contribution in [3.63, 3.8) is 0 Å². The molecular weight excluding hydrogens is 364 g/mol. The van der Waals surface area contributed by atoms with Crippen LogP contribution in [0.15, 0.2) is 48.9 Å². The van der Waals surface area contributed by atoms with Crippen molar-refractivity contribution in [2.24, 2.45) is 7.05 Å². The molecule has 29 heavy (non-hydrogen) atoms. The average Bonchev–Trinajstić information content (AvgIpc) is 3.38. The SMILES string of the molecule is Cn1nccc1CCN1CCC(c2nnc3ccc(-c4cccnc4)nn23)CC1. The van der Waals surface area contributed by atoms with Gasteiger partial charge in [0.25, 0.3) is 0 Å². The second-order valence-corrected chi connectivity index (χ2v) is 7.60. The Morgan fingerprint density at radius 3 is 2.69 bits per heavy atom. The molecule has 0 radical (unpaired) electrons. The first-order valence-electron chi connectivity index (χ1n) is 10.1. The minimum atomic E-state index is 0.384. The molecule has 1 aliphatic rings. The minimum absolute atomic E-state index is 0.384. The van der Waals surface area contributed by atoms with Crippen LogP contribution in [0.25, 0.3) is 16.9 Å². The van der Waals surface area contributed by atoms with Gasteiger partial charge in [-0.1, -0.05) is 0 Å². The topological polar surface area (TPSA) is 77.0 Å². The number of hydrogen-bond donors (Lipinski definition) is 0. The molecule has 0 N–H and O–H groups in total. The Balaban J connectivity index is 1.28. The Hall–Kier alpha value is -3.13. The molecule has 0 atom stereocenters. The monoisotopic (exact) mass is 388 g/mol. The van der Waals surface area contributed by atoms with E-state index in [1.54, 1.807) is 6.20 Å². The van der Waals surface area contributed by atoms with Crippen molar-refractivity contribution in [1.29, 1.82) is 0 Å². The van der Waals surface area contributed by atoms with Crippen molar-refractivity contribution in [2.75, 3.05) is 19.6 Å². The quantitative estimate of drug-likeness (QED) is 0.522. The summed E-state index contributed by atoms with van der Waals surface area (Å²) in [7, 11) is 2.00. The van der Waals surface area contributed by atoms with E-state index in [9.17, 15) is 0 Å². The Labute approximate surface area is 169 Å². The third-order valence-corrected chi connectivity index (χ3v) is 5.80. The number of aryl methyl sites for hydroxylation is 1. The van der Waals surface area contributed by atoms with Crippen LogP contribution in [0.1, 0.15) is 30.3 Å². The van der Waals surface area contributed by atoms with Crippen molar-refractivity contribution in [2.45, 2.75) is 25.2 Å². The number of nitrogens with zero attached hydrogens (tertiary/aromatic N) is 8. The maximum atomic E-state index is 4.81. The van der Waals surface area contributed by atoms with Crippen LogP contribution in [0, 0.1) is 0 Å². The van der Waals surface area contributed by atoms with E-state index in [1.165, 1.54) is 5.69 Å². The molecule has 0 saturated carbocycles. The number of fused-ring (bicyclic) bond motifs is 1. The molecule has 1 aliphatic heterocycles. The van der Waals surface area contributed by atoms with E-state index in [4.69, 9.17) is 5.10 Å². The first kappa shape index (κ1) is 17.9. The Bertz CT molecular complexity index is 1090. The van der Waals surface area contributed by atoms with Crippen molar-refractivity contribution in [3.05, 3.63) is 60.4 Å². The van der Waals surface area contributed by atoms with Crippen LogP contribution < -0.4 is 0 Å². The van der Waals surface area contributed by atoms with E-state index >= 15 is 0 Å². The molecule has 148 valence electrons. The summed E-state index contributed by atoms with van der Waals surface area (Å²) in [5.41, 5.74) is 3.97. The van der Waals surface area contributed by atoms with Crippen molar-refractivity contribution >= 4 is 5.65 Å². The van der Waals surface area contributed by atoms with Gasteiger partial charge >= 0.3 is 0 Å². The van der Waals surface area contributed by atoms with Gasteiger partial charge in [-0.15, -0.1) is 10.2 Å². The van der Waals surface area contributed by atoms with Crippen LogP contribution >= 0.6 is 0 Å². The van der Waals surface area contributed by atoms with Gasteiger partial charge in [0.1, 0.15) is 0 Å². The Kier molecular flexibility index (Phi) is 4.77. The van der Waals surface area contributed by atoms with Crippen molar-refractivity contribution < 1.29 is 0 Å². The van der Waals surface area contributed by atoms with E-state index in [1.807, 2.05) is 52.9 Å². The van der Waals surface area contributed by atoms with Crippen LogP contribution in [0.2, 0.25) is 0 Å². The van der Waals surface area contributed by atoms with Gasteiger partial charge in [0.05, 0.1) is 5.69 Å². The van der Waals surface area contributed by atoms with Gasteiger partial charge in [-0.2, -0.15) is 14.7 Å². The lowest BCUT2D eigenvalue weighted by Crippen LogP contribution is -2.35. The fourth-order valence-electron chi connectivity index (χ4n) is 4.06. The summed E-state index contributed by atoms with van der Waals surface area (Å²) in [5, 5.41) is 17.9. The molecule has 8 nitrogen and oxygen atoms in total. The number of aromatic nitrogens is 7. The molecule has 0 bridgehead atoms. The van der Waals surface area contributed by atoms with Crippen LogP contribution in [-0.2, 0) is 13.5 Å². The zero-order valence-electron chi connectivity index (χ0n) is 16.5. The largest absolute Gasteiger partial charge is 0.303 e. The lowest BCUT2D eigenvalue weighted by Gasteiger charge is -2.30. The number of pyridine rings is 1. The van der Waals surface area contributed by atoms with E-state index < -0.39 is 0 Å². The molecule has 8 heteroatoms. The molecule has 0 unspecified atom stereocenters. The Morgan fingerprint density at radius 1 is 1.03 bits per heavy atom. The van der Waals surface area contributed by atoms with E-state index in [0.717, 1.165) is 61.6 Å². The molecule has 0 aromatic carbocycles. The number of piperidine rings is 1. The zero-order chi connectivity index (χ0) is 19.6. The standard InChI is InChI=1S/C21H24N8/c1-27-18(6-11-23-27)9-14-28-12-7-16(8-13-28)21-25-24-20-5-4-19(26-29(20)21)17-3-2-10-22-15-17/h2-6,10-11,15-16H,7-9,12-14H2,1H3. The normalized spacial score (nSPS) is 15.9. The molecule has 1 saturated heterocycles. The third-order valence-electron chi connectivity index (χ3n) is 5.80. The molecule has 0 aliphatic carbocycles. The maximum absolute atomic E-state index is 4.81. The highest BCUT2D eigenvalue weighted by Crippen LogP contribution is 2.27. The Morgan fingerprint density at radius 2 is 1.93 bits per heavy atom. The zero-order valence-corrected chi connectivity index (χ0v) is 16.5. The lowest BCUT2D eigenvalue weighted by molar-refractivity contribution is 0.209. The second kappa shape index (κ2) is 7.71. The van der Waals surface area contributed by atoms with Gasteiger partial charge in [0.2, 0.25) is 0 Å². The molecule has 0 amide bonds. The number of likely N-dealkylation sites (tertiary alicyclic amines) is 1.